The Balaban J connectivity index is 3.74. The van der Waals surface area contributed by atoms with E-state index in [1.807, 2.05) is 0 Å². The smallest absolute Gasteiger partial charge is 0.407 e. The molecule has 0 saturated carbocycles. The number of hydrogen-bond acceptors (Lipinski definition) is 4. The molecular formula is C27H50N2O5. The van der Waals surface area contributed by atoms with Crippen LogP contribution in [0.3, 0.4) is 0 Å². The van der Waals surface area contributed by atoms with Gasteiger partial charge in [0.2, 0.25) is 5.91 Å². The first kappa shape index (κ1) is 31.9. The molecule has 7 heteroatoms. The van der Waals surface area contributed by atoms with Crippen molar-refractivity contribution in [3.8, 4) is 0 Å². The predicted octanol–water partition coefficient (Wildman–Crippen LogP) is 6.51. The number of ether oxygens (including phenoxy) is 1. The lowest BCUT2D eigenvalue weighted by molar-refractivity contribution is -0.142. The highest BCUT2D eigenvalue weighted by Crippen LogP contribution is 2.12. The second-order valence-corrected chi connectivity index (χ2v) is 9.98. The Morgan fingerprint density at radius 3 is 2.00 bits per heavy atom. The third-order valence-electron chi connectivity index (χ3n) is 5.40. The summed E-state index contributed by atoms with van der Waals surface area (Å²) in [5.74, 6) is -1.22. The second kappa shape index (κ2) is 20.3. The minimum absolute atomic E-state index is 0.198. The molecule has 3 N–H and O–H groups in total. The van der Waals surface area contributed by atoms with E-state index in [-0.39, 0.29) is 5.91 Å². The molecule has 0 aliphatic carbocycles. The maximum Gasteiger partial charge on any atom is 0.407 e. The molecule has 34 heavy (non-hydrogen) atoms. The van der Waals surface area contributed by atoms with Gasteiger partial charge in [0.25, 0.3) is 0 Å². The van der Waals surface area contributed by atoms with E-state index in [0.29, 0.717) is 32.2 Å². The summed E-state index contributed by atoms with van der Waals surface area (Å²) in [6.07, 6.45) is 18.8. The summed E-state index contributed by atoms with van der Waals surface area (Å²) in [7, 11) is 0. The first-order chi connectivity index (χ1) is 16.2. The number of rotatable bonds is 20. The number of amides is 2. The zero-order chi connectivity index (χ0) is 25.7. The number of alkyl carbamates (subject to hydrolysis) is 1. The molecular weight excluding hydrogens is 432 g/mol. The number of carboxylic acids is 1. The lowest BCUT2D eigenvalue weighted by Crippen LogP contribution is -2.40. The molecule has 7 nitrogen and oxygen atoms in total. The topological polar surface area (TPSA) is 105 Å². The van der Waals surface area contributed by atoms with Gasteiger partial charge in [-0.25, -0.2) is 9.59 Å². The first-order valence-electron chi connectivity index (χ1n) is 13.3. The van der Waals surface area contributed by atoms with Gasteiger partial charge in [0.15, 0.2) is 0 Å². The molecule has 0 radical (unpaired) electrons. The van der Waals surface area contributed by atoms with Gasteiger partial charge < -0.3 is 20.5 Å². The Bertz CT molecular complexity index is 584. The lowest BCUT2D eigenvalue weighted by Gasteiger charge is -2.19. The number of nitrogens with one attached hydrogen (secondary N) is 2. The van der Waals surface area contributed by atoms with Gasteiger partial charge in [-0.3, -0.25) is 4.79 Å². The van der Waals surface area contributed by atoms with Crippen LogP contribution in [0.15, 0.2) is 12.2 Å². The van der Waals surface area contributed by atoms with Crippen LogP contribution in [0.4, 0.5) is 4.79 Å². The molecule has 0 aliphatic heterocycles. The maximum absolute atomic E-state index is 12.1. The molecule has 0 aromatic rings. The average molecular weight is 483 g/mol. The Kier molecular flexibility index (Phi) is 19.1. The van der Waals surface area contributed by atoms with E-state index in [9.17, 15) is 19.5 Å². The van der Waals surface area contributed by atoms with E-state index in [4.69, 9.17) is 4.74 Å². The molecule has 1 atom stereocenters. The molecule has 0 bridgehead atoms. The van der Waals surface area contributed by atoms with Crippen molar-refractivity contribution in [3.63, 3.8) is 0 Å². The second-order valence-electron chi connectivity index (χ2n) is 9.98. The fourth-order valence-electron chi connectivity index (χ4n) is 3.57. The summed E-state index contributed by atoms with van der Waals surface area (Å²) in [6, 6.07) is -0.883. The third-order valence-corrected chi connectivity index (χ3v) is 5.40. The predicted molar refractivity (Wildman–Crippen MR) is 138 cm³/mol. The summed E-state index contributed by atoms with van der Waals surface area (Å²) in [4.78, 5) is 35.2. The van der Waals surface area contributed by atoms with Gasteiger partial charge in [0.1, 0.15) is 11.6 Å². The van der Waals surface area contributed by atoms with Crippen molar-refractivity contribution in [2.75, 3.05) is 6.54 Å². The van der Waals surface area contributed by atoms with E-state index in [0.717, 1.165) is 25.7 Å². The molecule has 1 unspecified atom stereocenters. The fraction of sp³-hybridized carbons (Fsp3) is 0.815. The average Bonchev–Trinajstić information content (AvgIpc) is 2.74. The van der Waals surface area contributed by atoms with Crippen molar-refractivity contribution in [2.45, 2.75) is 136 Å². The molecule has 0 saturated heterocycles. The minimum atomic E-state index is -1.02. The van der Waals surface area contributed by atoms with Gasteiger partial charge >= 0.3 is 12.1 Å². The highest BCUT2D eigenvalue weighted by atomic mass is 16.6. The third kappa shape index (κ3) is 21.8. The maximum atomic E-state index is 12.1. The molecule has 0 aliphatic rings. The molecule has 0 fully saturated rings. The van der Waals surface area contributed by atoms with Crippen LogP contribution in [0.5, 0.6) is 0 Å². The van der Waals surface area contributed by atoms with Crippen LogP contribution in [0.25, 0.3) is 0 Å². The molecule has 0 rings (SSSR count). The Hall–Kier alpha value is -2.05. The summed E-state index contributed by atoms with van der Waals surface area (Å²) in [6.45, 7) is 7.95. The van der Waals surface area contributed by atoms with Crippen LogP contribution in [-0.4, -0.2) is 41.3 Å². The van der Waals surface area contributed by atoms with Gasteiger partial charge in [-0.2, -0.15) is 0 Å². The van der Waals surface area contributed by atoms with Crippen LogP contribution >= 0.6 is 0 Å². The van der Waals surface area contributed by atoms with Crippen LogP contribution in [0.1, 0.15) is 124 Å². The number of aliphatic carboxylic acids is 1. The summed E-state index contributed by atoms with van der Waals surface area (Å²) in [5, 5.41) is 14.7. The van der Waals surface area contributed by atoms with E-state index in [1.54, 1.807) is 20.8 Å². The lowest BCUT2D eigenvalue weighted by atomic mass is 10.1. The molecule has 0 heterocycles. The van der Waals surface area contributed by atoms with Crippen molar-refractivity contribution in [1.82, 2.24) is 10.6 Å². The summed E-state index contributed by atoms with van der Waals surface area (Å²) >= 11 is 0. The van der Waals surface area contributed by atoms with Gasteiger partial charge in [0, 0.05) is 13.0 Å². The van der Waals surface area contributed by atoms with Gasteiger partial charge in [-0.15, -0.1) is 0 Å². The number of carbonyl (C=O) groups is 3. The molecule has 0 aromatic carbocycles. The first-order valence-corrected chi connectivity index (χ1v) is 13.3. The van der Waals surface area contributed by atoms with Crippen LogP contribution in [-0.2, 0) is 14.3 Å². The van der Waals surface area contributed by atoms with Crippen LogP contribution in [0.2, 0.25) is 0 Å². The Morgan fingerprint density at radius 2 is 1.44 bits per heavy atom. The van der Waals surface area contributed by atoms with E-state index in [1.165, 1.54) is 44.9 Å². The SMILES string of the molecule is CC/C=C\CCCCCCCCCCCC(=O)NC(CCCCNC(=O)OC(C)(C)C)C(=O)O. The Labute approximate surface area is 207 Å². The zero-order valence-electron chi connectivity index (χ0n) is 22.1. The fourth-order valence-corrected chi connectivity index (χ4v) is 3.57. The van der Waals surface area contributed by atoms with Crippen molar-refractivity contribution >= 4 is 18.0 Å². The zero-order valence-corrected chi connectivity index (χ0v) is 22.1. The van der Waals surface area contributed by atoms with Crippen molar-refractivity contribution in [3.05, 3.63) is 12.2 Å². The molecule has 0 aromatic heterocycles. The normalized spacial score (nSPS) is 12.5. The van der Waals surface area contributed by atoms with Gasteiger partial charge in [-0.05, 0) is 65.7 Å². The van der Waals surface area contributed by atoms with Crippen molar-refractivity contribution in [2.24, 2.45) is 0 Å². The number of hydrogen-bond donors (Lipinski definition) is 3. The number of carboxylic acid groups (broad SMARTS) is 1. The van der Waals surface area contributed by atoms with Crippen LogP contribution < -0.4 is 10.6 Å². The van der Waals surface area contributed by atoms with Crippen molar-refractivity contribution in [1.29, 1.82) is 0 Å². The minimum Gasteiger partial charge on any atom is -0.480 e. The standard InChI is InChI=1S/C27H50N2O5/c1-5-6-7-8-9-10-11-12-13-14-15-16-17-21-24(30)29-23(25(31)32)20-18-19-22-28-26(33)34-27(2,3)4/h6-7,23H,5,8-22H2,1-4H3,(H,28,33)(H,29,30)(H,31,32)/b7-6-. The Morgan fingerprint density at radius 1 is 0.853 bits per heavy atom. The highest BCUT2D eigenvalue weighted by molar-refractivity contribution is 5.83. The van der Waals surface area contributed by atoms with Crippen molar-refractivity contribution < 1.29 is 24.2 Å². The number of unbranched alkanes of at least 4 members (excludes halogenated alkanes) is 10. The van der Waals surface area contributed by atoms with Gasteiger partial charge in [0.05, 0.1) is 0 Å². The molecule has 198 valence electrons. The number of carbonyl (C=O) groups excluding carboxylic acids is 2. The highest BCUT2D eigenvalue weighted by Gasteiger charge is 2.19. The quantitative estimate of drug-likeness (QED) is 0.136. The largest absolute Gasteiger partial charge is 0.480 e. The summed E-state index contributed by atoms with van der Waals surface area (Å²) < 4.78 is 5.15. The molecule has 0 spiro atoms. The number of allylic oxidation sites excluding steroid dienone is 2. The van der Waals surface area contributed by atoms with Crippen LogP contribution in [0, 0.1) is 0 Å². The molecule has 2 amide bonds. The monoisotopic (exact) mass is 482 g/mol. The van der Waals surface area contributed by atoms with Gasteiger partial charge in [-0.1, -0.05) is 64.0 Å². The van der Waals surface area contributed by atoms with E-state index in [2.05, 4.69) is 29.7 Å². The summed E-state index contributed by atoms with van der Waals surface area (Å²) in [5.41, 5.74) is -0.547. The van der Waals surface area contributed by atoms with E-state index < -0.39 is 23.7 Å². The van der Waals surface area contributed by atoms with E-state index >= 15 is 0 Å².